The first-order valence-corrected chi connectivity index (χ1v) is 3.31. The van der Waals surface area contributed by atoms with E-state index in [1.807, 2.05) is 0 Å². The van der Waals surface area contributed by atoms with E-state index in [1.54, 1.807) is 6.92 Å². The van der Waals surface area contributed by atoms with Crippen LogP contribution in [0.3, 0.4) is 0 Å². The Bertz CT molecular complexity index is 66.1. The van der Waals surface area contributed by atoms with Gasteiger partial charge < -0.3 is 20.1 Å². The third-order valence-electron chi connectivity index (χ3n) is 1.09. The maximum atomic E-state index is 8.91. The van der Waals surface area contributed by atoms with Crippen molar-refractivity contribution in [2.45, 2.75) is 25.7 Å². The van der Waals surface area contributed by atoms with Gasteiger partial charge in [-0.3, -0.25) is 0 Å². The number of hydrogen-bond acceptors (Lipinski definition) is 4. The smallest absolute Gasteiger partial charge is 0.180 e. The van der Waals surface area contributed by atoms with Crippen molar-refractivity contribution in [1.29, 1.82) is 0 Å². The summed E-state index contributed by atoms with van der Waals surface area (Å²) >= 11 is 0. The lowest BCUT2D eigenvalue weighted by Gasteiger charge is -2.15. The molecule has 2 atom stereocenters. The summed E-state index contributed by atoms with van der Waals surface area (Å²) in [6, 6.07) is 0. The molecule has 0 aliphatic heterocycles. The van der Waals surface area contributed by atoms with Crippen molar-refractivity contribution < 1.29 is 20.1 Å². The summed E-state index contributed by atoms with van der Waals surface area (Å²) in [5.74, 6) is 0. The summed E-state index contributed by atoms with van der Waals surface area (Å²) in [4.78, 5) is 0. The highest BCUT2D eigenvalue weighted by molar-refractivity contribution is 4.56. The van der Waals surface area contributed by atoms with Gasteiger partial charge in [0.2, 0.25) is 0 Å². The minimum Gasteiger partial charge on any atom is -0.396 e. The Kier molecular flexibility index (Phi) is 5.52. The molecule has 0 aliphatic rings. The average Bonchev–Trinajstić information content (AvgIpc) is 1.89. The Morgan fingerprint density at radius 3 is 2.40 bits per heavy atom. The fourth-order valence-electron chi connectivity index (χ4n) is 0.557. The normalized spacial score (nSPS) is 16.8. The summed E-state index contributed by atoms with van der Waals surface area (Å²) < 4.78 is 4.65. The lowest BCUT2D eigenvalue weighted by molar-refractivity contribution is -0.162. The quantitative estimate of drug-likeness (QED) is 0.443. The lowest BCUT2D eigenvalue weighted by Crippen LogP contribution is -2.29. The lowest BCUT2D eigenvalue weighted by atomic mass is 10.2. The topological polar surface area (TPSA) is 69.9 Å². The predicted molar refractivity (Wildman–Crippen MR) is 35.3 cm³/mol. The fourth-order valence-corrected chi connectivity index (χ4v) is 0.557. The minimum absolute atomic E-state index is 0.140. The van der Waals surface area contributed by atoms with E-state index in [-0.39, 0.29) is 13.0 Å². The van der Waals surface area contributed by atoms with Gasteiger partial charge in [-0.15, -0.1) is 0 Å². The van der Waals surface area contributed by atoms with Crippen LogP contribution < -0.4 is 0 Å². The first-order chi connectivity index (χ1) is 4.72. The van der Waals surface area contributed by atoms with E-state index in [1.165, 1.54) is 0 Å². The Morgan fingerprint density at radius 1 is 1.40 bits per heavy atom. The van der Waals surface area contributed by atoms with E-state index >= 15 is 0 Å². The molecule has 10 heavy (non-hydrogen) atoms. The van der Waals surface area contributed by atoms with Gasteiger partial charge in [-0.2, -0.15) is 0 Å². The van der Waals surface area contributed by atoms with Gasteiger partial charge in [0.25, 0.3) is 0 Å². The van der Waals surface area contributed by atoms with E-state index in [2.05, 4.69) is 4.74 Å². The maximum absolute atomic E-state index is 8.91. The van der Waals surface area contributed by atoms with Crippen molar-refractivity contribution in [3.63, 3.8) is 0 Å². The molecule has 0 fully saturated rings. The highest BCUT2D eigenvalue weighted by Crippen LogP contribution is 1.99. The highest BCUT2D eigenvalue weighted by atomic mass is 16.6. The number of rotatable bonds is 5. The molecule has 0 saturated heterocycles. The molecule has 0 aromatic carbocycles. The number of aliphatic hydroxyl groups excluding tert-OH is 3. The van der Waals surface area contributed by atoms with Gasteiger partial charge in [-0.25, -0.2) is 0 Å². The Balaban J connectivity index is 3.38. The molecule has 0 bridgehead atoms. The van der Waals surface area contributed by atoms with Crippen LogP contribution in [0, 0.1) is 0 Å². The highest BCUT2D eigenvalue weighted by Gasteiger charge is 2.14. The zero-order valence-electron chi connectivity index (χ0n) is 6.03. The van der Waals surface area contributed by atoms with Crippen molar-refractivity contribution >= 4 is 0 Å². The van der Waals surface area contributed by atoms with E-state index in [0.717, 1.165) is 0 Å². The van der Waals surface area contributed by atoms with Crippen LogP contribution in [-0.4, -0.2) is 40.9 Å². The van der Waals surface area contributed by atoms with Crippen LogP contribution in [0.1, 0.15) is 13.3 Å². The van der Waals surface area contributed by atoms with Crippen LogP contribution in [-0.2, 0) is 4.74 Å². The molecule has 0 spiro atoms. The van der Waals surface area contributed by atoms with Gasteiger partial charge in [0.05, 0.1) is 0 Å². The second-order valence-corrected chi connectivity index (χ2v) is 1.93. The molecule has 0 saturated carbocycles. The van der Waals surface area contributed by atoms with Gasteiger partial charge in [-0.1, -0.05) is 0 Å². The van der Waals surface area contributed by atoms with Gasteiger partial charge in [0.15, 0.2) is 6.29 Å². The number of hydrogen-bond donors (Lipinski definition) is 3. The third-order valence-corrected chi connectivity index (χ3v) is 1.09. The van der Waals surface area contributed by atoms with Crippen molar-refractivity contribution in [3.05, 3.63) is 0 Å². The maximum Gasteiger partial charge on any atom is 0.180 e. The molecule has 0 amide bonds. The second kappa shape index (κ2) is 5.61. The molecule has 62 valence electrons. The molecule has 0 aromatic rings. The summed E-state index contributed by atoms with van der Waals surface area (Å²) in [5, 5.41) is 26.1. The molecule has 0 aliphatic carbocycles. The van der Waals surface area contributed by atoms with Crippen molar-refractivity contribution in [1.82, 2.24) is 0 Å². The number of aliphatic hydroxyl groups is 3. The van der Waals surface area contributed by atoms with E-state index < -0.39 is 12.4 Å². The standard InChI is InChI=1S/C6H14O4/c1-2-10-6(9)5(8)3-4-7/h5-9H,2-4H2,1H3. The molecule has 4 heteroatoms. The first-order valence-electron chi connectivity index (χ1n) is 3.31. The van der Waals surface area contributed by atoms with Crippen LogP contribution in [0.2, 0.25) is 0 Å². The third kappa shape index (κ3) is 3.79. The predicted octanol–water partition coefficient (Wildman–Crippen LogP) is -0.915. The van der Waals surface area contributed by atoms with Crippen LogP contribution in [0.5, 0.6) is 0 Å². The SMILES string of the molecule is CCOC(O)C(O)CCO. The molecule has 2 unspecified atom stereocenters. The van der Waals surface area contributed by atoms with Gasteiger partial charge in [0, 0.05) is 19.6 Å². The van der Waals surface area contributed by atoms with Gasteiger partial charge >= 0.3 is 0 Å². The summed E-state index contributed by atoms with van der Waals surface area (Å²) in [6.45, 7) is 1.92. The molecule has 0 rings (SSSR count). The van der Waals surface area contributed by atoms with Crippen molar-refractivity contribution in [2.75, 3.05) is 13.2 Å². The van der Waals surface area contributed by atoms with Crippen molar-refractivity contribution in [2.24, 2.45) is 0 Å². The largest absolute Gasteiger partial charge is 0.396 e. The Labute approximate surface area is 60.1 Å². The molecular weight excluding hydrogens is 136 g/mol. The van der Waals surface area contributed by atoms with Crippen LogP contribution in [0.4, 0.5) is 0 Å². The molecule has 0 radical (unpaired) electrons. The van der Waals surface area contributed by atoms with Crippen LogP contribution >= 0.6 is 0 Å². The second-order valence-electron chi connectivity index (χ2n) is 1.93. The van der Waals surface area contributed by atoms with Crippen LogP contribution in [0.15, 0.2) is 0 Å². The van der Waals surface area contributed by atoms with Gasteiger partial charge in [0.1, 0.15) is 6.10 Å². The first kappa shape index (κ1) is 9.84. The Morgan fingerprint density at radius 2 is 2.00 bits per heavy atom. The summed E-state index contributed by atoms with van der Waals surface area (Å²) in [7, 11) is 0. The average molecular weight is 150 g/mol. The molecule has 0 heterocycles. The van der Waals surface area contributed by atoms with E-state index in [0.29, 0.717) is 6.61 Å². The fraction of sp³-hybridized carbons (Fsp3) is 1.00. The van der Waals surface area contributed by atoms with Crippen LogP contribution in [0.25, 0.3) is 0 Å². The molecule has 0 aromatic heterocycles. The number of ether oxygens (including phenoxy) is 1. The van der Waals surface area contributed by atoms with Gasteiger partial charge in [-0.05, 0) is 6.92 Å². The van der Waals surface area contributed by atoms with Crippen molar-refractivity contribution in [3.8, 4) is 0 Å². The molecule has 3 N–H and O–H groups in total. The summed E-state index contributed by atoms with van der Waals surface area (Å²) in [5.41, 5.74) is 0. The zero-order chi connectivity index (χ0) is 7.98. The summed E-state index contributed by atoms with van der Waals surface area (Å²) in [6.07, 6.45) is -2.01. The Hall–Kier alpha value is -0.160. The zero-order valence-corrected chi connectivity index (χ0v) is 6.03. The monoisotopic (exact) mass is 150 g/mol. The van der Waals surface area contributed by atoms with E-state index in [4.69, 9.17) is 15.3 Å². The molecule has 4 nitrogen and oxygen atoms in total. The minimum atomic E-state index is -1.17. The molecular formula is C6H14O4. The van der Waals surface area contributed by atoms with E-state index in [9.17, 15) is 0 Å².